The second kappa shape index (κ2) is 7.59. The molecule has 0 radical (unpaired) electrons. The second-order valence-electron chi connectivity index (χ2n) is 6.93. The van der Waals surface area contributed by atoms with Gasteiger partial charge in [0.25, 0.3) is 0 Å². The molecule has 0 unspecified atom stereocenters. The van der Waals surface area contributed by atoms with Crippen LogP contribution in [0.1, 0.15) is 37.4 Å². The van der Waals surface area contributed by atoms with Gasteiger partial charge in [-0.15, -0.1) is 0 Å². The SMILES string of the molecule is O=C(NC1CC1)[C@H](O)C1CCN(C[C@@H](O)c2ccc(F)cc2)CC1. The third kappa shape index (κ3) is 4.53. The van der Waals surface area contributed by atoms with E-state index in [9.17, 15) is 19.4 Å². The number of likely N-dealkylation sites (tertiary alicyclic amines) is 1. The van der Waals surface area contributed by atoms with Crippen LogP contribution in [0.25, 0.3) is 0 Å². The Morgan fingerprint density at radius 3 is 2.38 bits per heavy atom. The lowest BCUT2D eigenvalue weighted by Gasteiger charge is -2.34. The standard InChI is InChI=1S/C18H25FN2O3/c19-14-3-1-12(2-4-14)16(22)11-21-9-7-13(8-10-21)17(23)18(24)20-15-5-6-15/h1-4,13,15-17,22-23H,5-11H2,(H,20,24)/t16-,17-/m1/s1. The van der Waals surface area contributed by atoms with Crippen molar-refractivity contribution in [3.63, 3.8) is 0 Å². The predicted molar refractivity (Wildman–Crippen MR) is 87.7 cm³/mol. The number of halogens is 1. The zero-order chi connectivity index (χ0) is 17.1. The van der Waals surface area contributed by atoms with Crippen molar-refractivity contribution in [3.05, 3.63) is 35.6 Å². The third-order valence-electron chi connectivity index (χ3n) is 4.96. The highest BCUT2D eigenvalue weighted by Crippen LogP contribution is 2.25. The lowest BCUT2D eigenvalue weighted by atomic mass is 9.90. The number of benzene rings is 1. The molecule has 2 fully saturated rings. The van der Waals surface area contributed by atoms with E-state index >= 15 is 0 Å². The smallest absolute Gasteiger partial charge is 0.249 e. The first-order valence-corrected chi connectivity index (χ1v) is 8.67. The van der Waals surface area contributed by atoms with Crippen molar-refractivity contribution in [2.24, 2.45) is 5.92 Å². The summed E-state index contributed by atoms with van der Waals surface area (Å²) in [6.07, 6.45) is 1.89. The van der Waals surface area contributed by atoms with Gasteiger partial charge in [-0.1, -0.05) is 12.1 Å². The maximum atomic E-state index is 12.9. The number of piperidine rings is 1. The Morgan fingerprint density at radius 2 is 1.79 bits per heavy atom. The minimum atomic E-state index is -0.935. The molecule has 24 heavy (non-hydrogen) atoms. The number of hydrogen-bond donors (Lipinski definition) is 3. The summed E-state index contributed by atoms with van der Waals surface area (Å²) < 4.78 is 12.9. The topological polar surface area (TPSA) is 72.8 Å². The predicted octanol–water partition coefficient (Wildman–Crippen LogP) is 1.21. The van der Waals surface area contributed by atoms with Crippen molar-refractivity contribution in [2.75, 3.05) is 19.6 Å². The molecule has 0 aromatic heterocycles. The van der Waals surface area contributed by atoms with Gasteiger partial charge in [-0.2, -0.15) is 0 Å². The van der Waals surface area contributed by atoms with Crippen LogP contribution in [-0.4, -0.2) is 52.8 Å². The van der Waals surface area contributed by atoms with E-state index in [2.05, 4.69) is 10.2 Å². The number of amides is 1. The molecule has 1 aliphatic heterocycles. The number of carbonyl (C=O) groups excluding carboxylic acids is 1. The first-order chi connectivity index (χ1) is 11.5. The van der Waals surface area contributed by atoms with Crippen molar-refractivity contribution < 1.29 is 19.4 Å². The lowest BCUT2D eigenvalue weighted by Crippen LogP contribution is -2.45. The Hall–Kier alpha value is -1.50. The van der Waals surface area contributed by atoms with E-state index in [1.54, 1.807) is 12.1 Å². The molecule has 3 rings (SSSR count). The van der Waals surface area contributed by atoms with Crippen molar-refractivity contribution in [1.82, 2.24) is 10.2 Å². The van der Waals surface area contributed by atoms with Gasteiger partial charge in [-0.05, 0) is 62.4 Å². The van der Waals surface area contributed by atoms with Gasteiger partial charge in [0, 0.05) is 12.6 Å². The Balaban J connectivity index is 1.44. The second-order valence-corrected chi connectivity index (χ2v) is 6.93. The third-order valence-corrected chi connectivity index (χ3v) is 4.96. The van der Waals surface area contributed by atoms with E-state index in [1.165, 1.54) is 12.1 Å². The van der Waals surface area contributed by atoms with Gasteiger partial charge in [0.05, 0.1) is 6.10 Å². The first-order valence-electron chi connectivity index (χ1n) is 8.67. The lowest BCUT2D eigenvalue weighted by molar-refractivity contribution is -0.133. The van der Waals surface area contributed by atoms with E-state index in [0.717, 1.165) is 38.8 Å². The number of rotatable bonds is 6. The molecule has 1 aliphatic carbocycles. The van der Waals surface area contributed by atoms with Gasteiger partial charge in [-0.25, -0.2) is 4.39 Å². The largest absolute Gasteiger partial charge is 0.387 e. The molecule has 2 atom stereocenters. The zero-order valence-electron chi connectivity index (χ0n) is 13.7. The molecular weight excluding hydrogens is 311 g/mol. The fraction of sp³-hybridized carbons (Fsp3) is 0.611. The summed E-state index contributed by atoms with van der Waals surface area (Å²) >= 11 is 0. The highest BCUT2D eigenvalue weighted by atomic mass is 19.1. The van der Waals surface area contributed by atoms with Crippen LogP contribution in [0, 0.1) is 11.7 Å². The van der Waals surface area contributed by atoms with Crippen LogP contribution in [0.15, 0.2) is 24.3 Å². The highest BCUT2D eigenvalue weighted by Gasteiger charge is 2.33. The molecule has 3 N–H and O–H groups in total. The zero-order valence-corrected chi connectivity index (χ0v) is 13.7. The van der Waals surface area contributed by atoms with Crippen molar-refractivity contribution >= 4 is 5.91 Å². The maximum Gasteiger partial charge on any atom is 0.249 e. The van der Waals surface area contributed by atoms with Crippen LogP contribution in [0.2, 0.25) is 0 Å². The molecule has 1 amide bonds. The molecular formula is C18H25FN2O3. The number of nitrogens with one attached hydrogen (secondary N) is 1. The van der Waals surface area contributed by atoms with Crippen LogP contribution in [0.4, 0.5) is 4.39 Å². The molecule has 5 nitrogen and oxygen atoms in total. The molecule has 1 aromatic rings. The molecule has 0 bridgehead atoms. The molecule has 132 valence electrons. The quantitative estimate of drug-likeness (QED) is 0.730. The van der Waals surface area contributed by atoms with Gasteiger partial charge in [0.15, 0.2) is 0 Å². The maximum absolute atomic E-state index is 12.9. The van der Waals surface area contributed by atoms with E-state index in [4.69, 9.17) is 0 Å². The summed E-state index contributed by atoms with van der Waals surface area (Å²) in [6.45, 7) is 1.94. The van der Waals surface area contributed by atoms with E-state index < -0.39 is 12.2 Å². The Bertz CT molecular complexity index is 554. The average molecular weight is 336 g/mol. The fourth-order valence-corrected chi connectivity index (χ4v) is 3.21. The van der Waals surface area contributed by atoms with Crippen LogP contribution < -0.4 is 5.32 Å². The van der Waals surface area contributed by atoms with E-state index in [1.807, 2.05) is 0 Å². The number of nitrogens with zero attached hydrogens (tertiary/aromatic N) is 1. The van der Waals surface area contributed by atoms with E-state index in [0.29, 0.717) is 12.1 Å². The van der Waals surface area contributed by atoms with Gasteiger partial charge in [0.2, 0.25) is 5.91 Å². The molecule has 2 aliphatic rings. The monoisotopic (exact) mass is 336 g/mol. The number of aliphatic hydroxyl groups excluding tert-OH is 2. The molecule has 0 spiro atoms. The Labute approximate surface area is 141 Å². The Morgan fingerprint density at radius 1 is 1.17 bits per heavy atom. The number of carbonyl (C=O) groups is 1. The van der Waals surface area contributed by atoms with Crippen molar-refractivity contribution in [2.45, 2.75) is 43.9 Å². The normalized spacial score (nSPS) is 22.1. The van der Waals surface area contributed by atoms with Gasteiger partial charge >= 0.3 is 0 Å². The van der Waals surface area contributed by atoms with Gasteiger partial charge in [0.1, 0.15) is 11.9 Å². The fourth-order valence-electron chi connectivity index (χ4n) is 3.21. The number of aliphatic hydroxyl groups is 2. The van der Waals surface area contributed by atoms with Crippen LogP contribution in [0.3, 0.4) is 0 Å². The summed E-state index contributed by atoms with van der Waals surface area (Å²) in [7, 11) is 0. The Kier molecular flexibility index (Phi) is 5.48. The molecule has 1 heterocycles. The number of hydrogen-bond acceptors (Lipinski definition) is 4. The molecule has 6 heteroatoms. The van der Waals surface area contributed by atoms with Crippen molar-refractivity contribution in [1.29, 1.82) is 0 Å². The van der Waals surface area contributed by atoms with E-state index in [-0.39, 0.29) is 23.7 Å². The first kappa shape index (κ1) is 17.3. The molecule has 1 saturated carbocycles. The summed E-state index contributed by atoms with van der Waals surface area (Å²) in [5.74, 6) is -0.588. The molecule has 1 aromatic carbocycles. The molecule has 1 saturated heterocycles. The van der Waals surface area contributed by atoms with Gasteiger partial charge < -0.3 is 20.4 Å². The minimum Gasteiger partial charge on any atom is -0.387 e. The van der Waals surface area contributed by atoms with Crippen LogP contribution in [0.5, 0.6) is 0 Å². The minimum absolute atomic E-state index is 0.0250. The summed E-state index contributed by atoms with van der Waals surface area (Å²) in [5, 5.41) is 23.3. The summed E-state index contributed by atoms with van der Waals surface area (Å²) in [4.78, 5) is 14.0. The van der Waals surface area contributed by atoms with Gasteiger partial charge in [-0.3, -0.25) is 4.79 Å². The van der Waals surface area contributed by atoms with Crippen LogP contribution in [-0.2, 0) is 4.79 Å². The number of β-amino-alcohol motifs (C(OH)–C–C–N with tert-alkyl or cyclic N) is 1. The highest BCUT2D eigenvalue weighted by molar-refractivity contribution is 5.81. The van der Waals surface area contributed by atoms with Crippen LogP contribution >= 0.6 is 0 Å². The summed E-state index contributed by atoms with van der Waals surface area (Å²) in [5.41, 5.74) is 0.697. The average Bonchev–Trinajstić information content (AvgIpc) is 3.39. The summed E-state index contributed by atoms with van der Waals surface area (Å²) in [6, 6.07) is 6.15. The van der Waals surface area contributed by atoms with Crippen molar-refractivity contribution in [3.8, 4) is 0 Å².